The van der Waals surface area contributed by atoms with E-state index in [-0.39, 0.29) is 0 Å². The van der Waals surface area contributed by atoms with E-state index < -0.39 is 0 Å². The molecule has 0 spiro atoms. The lowest BCUT2D eigenvalue weighted by molar-refractivity contribution is 0.679. The predicted octanol–water partition coefficient (Wildman–Crippen LogP) is 2.89. The molecule has 0 amide bonds. The van der Waals surface area contributed by atoms with E-state index in [1.54, 1.807) is 0 Å². The number of hydrogen-bond acceptors (Lipinski definition) is 3. The van der Waals surface area contributed by atoms with Crippen molar-refractivity contribution in [3.05, 3.63) is 39.6 Å². The van der Waals surface area contributed by atoms with Crippen LogP contribution in [0.25, 0.3) is 0 Å². The van der Waals surface area contributed by atoms with Gasteiger partial charge in [-0.05, 0) is 52.5 Å². The number of hydrogen-bond donors (Lipinski definition) is 1. The summed E-state index contributed by atoms with van der Waals surface area (Å²) in [7, 11) is 2.01. The van der Waals surface area contributed by atoms with Gasteiger partial charge in [0.05, 0.1) is 22.4 Å². The first-order chi connectivity index (χ1) is 9.60. The second-order valence-electron chi connectivity index (χ2n) is 5.24. The quantitative estimate of drug-likeness (QED) is 0.878. The zero-order valence-corrected chi connectivity index (χ0v) is 13.4. The molecule has 1 aliphatic rings. The van der Waals surface area contributed by atoms with Gasteiger partial charge in [-0.15, -0.1) is 0 Å². The fourth-order valence-corrected chi connectivity index (χ4v) is 3.57. The first-order valence-electron chi connectivity index (χ1n) is 6.93. The minimum Gasteiger partial charge on any atom is -0.399 e. The van der Waals surface area contributed by atoms with E-state index >= 15 is 0 Å². The Hall–Kier alpha value is -1.49. The first-order valence-corrected chi connectivity index (χ1v) is 7.73. The van der Waals surface area contributed by atoms with Crippen LogP contribution in [-0.2, 0) is 26.4 Å². The van der Waals surface area contributed by atoms with Crippen molar-refractivity contribution in [3.63, 3.8) is 0 Å². The van der Waals surface area contributed by atoms with Gasteiger partial charge < -0.3 is 10.6 Å². The lowest BCUT2D eigenvalue weighted by Gasteiger charge is -2.19. The molecular formula is C15H19BrN4. The van der Waals surface area contributed by atoms with E-state index in [4.69, 9.17) is 5.73 Å². The molecule has 0 aliphatic carbocycles. The van der Waals surface area contributed by atoms with Crippen molar-refractivity contribution in [1.29, 1.82) is 0 Å². The van der Waals surface area contributed by atoms with Crippen LogP contribution in [0.15, 0.2) is 22.7 Å². The summed E-state index contributed by atoms with van der Waals surface area (Å²) in [5, 5.41) is 4.56. The summed E-state index contributed by atoms with van der Waals surface area (Å²) in [6.07, 6.45) is 2.01. The number of benzene rings is 1. The molecule has 0 saturated carbocycles. The van der Waals surface area contributed by atoms with Crippen molar-refractivity contribution in [2.75, 3.05) is 17.2 Å². The van der Waals surface area contributed by atoms with E-state index in [2.05, 4.69) is 45.0 Å². The van der Waals surface area contributed by atoms with Crippen LogP contribution in [0.1, 0.15) is 23.9 Å². The number of fused-ring (bicyclic) bond motifs is 1. The molecule has 1 aliphatic heterocycles. The van der Waals surface area contributed by atoms with Crippen LogP contribution in [0.3, 0.4) is 0 Å². The van der Waals surface area contributed by atoms with Gasteiger partial charge in [0.1, 0.15) is 0 Å². The van der Waals surface area contributed by atoms with Gasteiger partial charge in [-0.25, -0.2) is 0 Å². The molecule has 0 bridgehead atoms. The maximum Gasteiger partial charge on any atom is 0.0767 e. The van der Waals surface area contributed by atoms with Crippen molar-refractivity contribution < 1.29 is 0 Å². The van der Waals surface area contributed by atoms with Crippen LogP contribution in [-0.4, -0.2) is 16.3 Å². The smallest absolute Gasteiger partial charge is 0.0767 e. The summed E-state index contributed by atoms with van der Waals surface area (Å²) in [4.78, 5) is 2.40. The van der Waals surface area contributed by atoms with Gasteiger partial charge in [0, 0.05) is 25.0 Å². The van der Waals surface area contributed by atoms with Crippen LogP contribution in [0.2, 0.25) is 0 Å². The van der Waals surface area contributed by atoms with E-state index in [9.17, 15) is 0 Å². The third-order valence-electron chi connectivity index (χ3n) is 3.94. The number of anilines is 2. The fraction of sp³-hybridized carbons (Fsp3) is 0.400. The van der Waals surface area contributed by atoms with E-state index in [1.165, 1.54) is 16.9 Å². The molecule has 2 N–H and O–H groups in total. The highest BCUT2D eigenvalue weighted by Crippen LogP contribution is 2.32. The van der Waals surface area contributed by atoms with Crippen LogP contribution >= 0.6 is 15.9 Å². The lowest BCUT2D eigenvalue weighted by atomic mass is 10.1. The molecule has 5 heteroatoms. The summed E-state index contributed by atoms with van der Waals surface area (Å²) in [6.45, 7) is 4.05. The first kappa shape index (κ1) is 13.5. The molecule has 0 unspecified atom stereocenters. The normalized spacial score (nSPS) is 13.8. The molecule has 0 atom stereocenters. The monoisotopic (exact) mass is 334 g/mol. The van der Waals surface area contributed by atoms with Crippen molar-refractivity contribution in [2.24, 2.45) is 7.05 Å². The SMILES string of the molecule is CCc1nn(C)c(CN2CCc3cc(N)ccc32)c1Br. The van der Waals surface area contributed by atoms with Gasteiger partial charge in [-0.3, -0.25) is 4.68 Å². The fourth-order valence-electron chi connectivity index (χ4n) is 2.83. The van der Waals surface area contributed by atoms with Crippen LogP contribution < -0.4 is 10.6 Å². The van der Waals surface area contributed by atoms with E-state index in [1.807, 2.05) is 17.8 Å². The maximum absolute atomic E-state index is 5.86. The zero-order valence-electron chi connectivity index (χ0n) is 11.9. The van der Waals surface area contributed by atoms with Gasteiger partial charge in [-0.2, -0.15) is 5.10 Å². The van der Waals surface area contributed by atoms with Crippen LogP contribution in [0.4, 0.5) is 11.4 Å². The highest BCUT2D eigenvalue weighted by atomic mass is 79.9. The maximum atomic E-state index is 5.86. The van der Waals surface area contributed by atoms with Crippen molar-refractivity contribution in [3.8, 4) is 0 Å². The lowest BCUT2D eigenvalue weighted by Crippen LogP contribution is -2.21. The summed E-state index contributed by atoms with van der Waals surface area (Å²) in [6, 6.07) is 6.20. The number of nitrogens with two attached hydrogens (primary N) is 1. The van der Waals surface area contributed by atoms with Crippen molar-refractivity contribution in [1.82, 2.24) is 9.78 Å². The number of aromatic nitrogens is 2. The number of nitrogen functional groups attached to an aromatic ring is 1. The Labute approximate surface area is 127 Å². The Bertz CT molecular complexity index is 648. The second kappa shape index (κ2) is 5.13. The molecule has 3 rings (SSSR count). The van der Waals surface area contributed by atoms with Crippen LogP contribution in [0.5, 0.6) is 0 Å². The standard InChI is InChI=1S/C15H19BrN4/c1-3-12-15(16)14(19(2)18-12)9-20-7-6-10-8-11(17)4-5-13(10)20/h4-5,8H,3,6-7,9,17H2,1-2H3. The largest absolute Gasteiger partial charge is 0.399 e. The minimum absolute atomic E-state index is 0.848. The molecule has 106 valence electrons. The number of aryl methyl sites for hydroxylation is 2. The average Bonchev–Trinajstić information content (AvgIpc) is 2.94. The van der Waals surface area contributed by atoms with E-state index in [0.29, 0.717) is 0 Å². The molecule has 0 fully saturated rings. The van der Waals surface area contributed by atoms with Gasteiger partial charge in [-0.1, -0.05) is 6.92 Å². The molecule has 1 aromatic carbocycles. The number of rotatable bonds is 3. The summed E-state index contributed by atoms with van der Waals surface area (Å²) in [5.74, 6) is 0. The third kappa shape index (κ3) is 2.20. The Balaban J connectivity index is 1.89. The van der Waals surface area contributed by atoms with Gasteiger partial charge in [0.15, 0.2) is 0 Å². The average molecular weight is 335 g/mol. The van der Waals surface area contributed by atoms with E-state index in [0.717, 1.165) is 41.8 Å². The molecular weight excluding hydrogens is 316 g/mol. The second-order valence-corrected chi connectivity index (χ2v) is 6.04. The van der Waals surface area contributed by atoms with Gasteiger partial charge in [0.2, 0.25) is 0 Å². The Kier molecular flexibility index (Phi) is 3.46. The van der Waals surface area contributed by atoms with Gasteiger partial charge in [0.25, 0.3) is 0 Å². The summed E-state index contributed by atoms with van der Waals surface area (Å²) < 4.78 is 3.13. The molecule has 2 aromatic rings. The Morgan fingerprint density at radius 3 is 2.90 bits per heavy atom. The molecule has 0 radical (unpaired) electrons. The number of nitrogens with zero attached hydrogens (tertiary/aromatic N) is 3. The zero-order chi connectivity index (χ0) is 14.3. The third-order valence-corrected chi connectivity index (χ3v) is 4.85. The molecule has 0 saturated heterocycles. The highest BCUT2D eigenvalue weighted by Gasteiger charge is 2.22. The van der Waals surface area contributed by atoms with Crippen molar-refractivity contribution >= 4 is 27.3 Å². The topological polar surface area (TPSA) is 47.1 Å². The summed E-state index contributed by atoms with van der Waals surface area (Å²) >= 11 is 3.69. The summed E-state index contributed by atoms with van der Waals surface area (Å²) in [5.41, 5.74) is 11.7. The minimum atomic E-state index is 0.848. The van der Waals surface area contributed by atoms with Gasteiger partial charge >= 0.3 is 0 Å². The predicted molar refractivity (Wildman–Crippen MR) is 85.9 cm³/mol. The Morgan fingerprint density at radius 2 is 2.20 bits per heavy atom. The molecule has 4 nitrogen and oxygen atoms in total. The molecule has 2 heterocycles. The van der Waals surface area contributed by atoms with Crippen LogP contribution in [0, 0.1) is 0 Å². The molecule has 1 aromatic heterocycles. The van der Waals surface area contributed by atoms with Crippen molar-refractivity contribution in [2.45, 2.75) is 26.3 Å². The number of halogens is 1. The highest BCUT2D eigenvalue weighted by molar-refractivity contribution is 9.10. The molecule has 20 heavy (non-hydrogen) atoms. The Morgan fingerprint density at radius 1 is 1.40 bits per heavy atom.